The van der Waals surface area contributed by atoms with Crippen molar-refractivity contribution < 1.29 is 19.4 Å². The van der Waals surface area contributed by atoms with Gasteiger partial charge >= 0.3 is 5.91 Å². The molecule has 1 aliphatic heterocycles. The van der Waals surface area contributed by atoms with Gasteiger partial charge in [-0.3, -0.25) is 18.9 Å². The number of ether oxygens (including phenoxy) is 1. The summed E-state index contributed by atoms with van der Waals surface area (Å²) in [5, 5.41) is 21.4. The molecule has 0 spiro atoms. The molecule has 236 valence electrons. The molecule has 5 aromatic rings. The number of hydrogen-bond donors (Lipinski definition) is 1. The van der Waals surface area contributed by atoms with E-state index >= 15 is 0 Å². The van der Waals surface area contributed by atoms with Gasteiger partial charge in [-0.2, -0.15) is 0 Å². The van der Waals surface area contributed by atoms with Crippen LogP contribution in [-0.2, 0) is 15.3 Å². The number of hydrogen-bond acceptors (Lipinski definition) is 9. The number of imidazole rings is 1. The molecule has 3 aromatic heterocycles. The molecule has 1 unspecified atom stereocenters. The first-order valence-corrected chi connectivity index (χ1v) is 17.2. The minimum atomic E-state index is -0.950. The lowest BCUT2D eigenvalue weighted by Crippen LogP contribution is -2.29. The summed E-state index contributed by atoms with van der Waals surface area (Å²) in [6.07, 6.45) is 6.15. The van der Waals surface area contributed by atoms with Crippen LogP contribution in [0.5, 0.6) is 5.75 Å². The van der Waals surface area contributed by atoms with E-state index in [-0.39, 0.29) is 16.5 Å². The fraction of sp³-hybridized carbons (Fsp3) is 0.265. The number of benzene rings is 2. The van der Waals surface area contributed by atoms with Gasteiger partial charge in [0.1, 0.15) is 17.1 Å². The van der Waals surface area contributed by atoms with E-state index in [1.165, 1.54) is 34.4 Å². The number of aryl methyl sites for hydroxylation is 1. The number of aromatic nitrogens is 4. The predicted octanol–water partition coefficient (Wildman–Crippen LogP) is 8.03. The maximum absolute atomic E-state index is 13.8. The van der Waals surface area contributed by atoms with E-state index in [9.17, 15) is 14.7 Å². The Bertz CT molecular complexity index is 1900. The molecule has 9 nitrogen and oxygen atoms in total. The van der Waals surface area contributed by atoms with Crippen LogP contribution in [0.4, 0.5) is 5.13 Å². The number of carbonyl (C=O) groups is 2. The number of rotatable bonds is 12. The average Bonchev–Trinajstić information content (AvgIpc) is 3.74. The molecule has 0 bridgehead atoms. The van der Waals surface area contributed by atoms with Crippen molar-refractivity contribution in [3.63, 3.8) is 0 Å². The van der Waals surface area contributed by atoms with Gasteiger partial charge < -0.3 is 9.84 Å². The second-order valence-corrected chi connectivity index (χ2v) is 13.5. The standard InChI is InChI=1S/C34H32ClN5O4S2/c1-3-4-5-8-19-44-25-16-12-23(13-17-25)29-27(30(41)28-21(2)36-26-9-6-7-18-39(26)28)31(42)32(43)40(29)33-37-38-34(46-33)45-20-22-10-14-24(35)15-11-22/h6-7,9-18,29,41H,3-5,8,19-20H2,1-2H3. The van der Waals surface area contributed by atoms with Gasteiger partial charge in [0, 0.05) is 17.0 Å². The number of fused-ring (bicyclic) bond motifs is 1. The maximum atomic E-state index is 13.8. The molecular formula is C34H32ClN5O4S2. The lowest BCUT2D eigenvalue weighted by Gasteiger charge is -2.22. The van der Waals surface area contributed by atoms with Gasteiger partial charge in [0.05, 0.1) is 23.9 Å². The molecule has 1 N–H and O–H groups in total. The molecule has 4 heterocycles. The number of ketones is 1. The molecule has 0 aliphatic carbocycles. The molecule has 46 heavy (non-hydrogen) atoms. The summed E-state index contributed by atoms with van der Waals surface area (Å²) in [5.74, 6) is -0.595. The van der Waals surface area contributed by atoms with Gasteiger partial charge in [-0.15, -0.1) is 10.2 Å². The lowest BCUT2D eigenvalue weighted by molar-refractivity contribution is -0.132. The minimum absolute atomic E-state index is 0.0439. The smallest absolute Gasteiger partial charge is 0.301 e. The Kier molecular flexibility index (Phi) is 9.72. The largest absolute Gasteiger partial charge is 0.505 e. The molecular weight excluding hydrogens is 642 g/mol. The van der Waals surface area contributed by atoms with E-state index in [1.807, 2.05) is 66.7 Å². The zero-order chi connectivity index (χ0) is 32.2. The van der Waals surface area contributed by atoms with Crippen molar-refractivity contribution >= 4 is 62.9 Å². The number of anilines is 1. The van der Waals surface area contributed by atoms with E-state index in [0.717, 1.165) is 24.8 Å². The van der Waals surface area contributed by atoms with Crippen molar-refractivity contribution in [3.8, 4) is 5.75 Å². The van der Waals surface area contributed by atoms with E-state index < -0.39 is 17.7 Å². The van der Waals surface area contributed by atoms with Crippen molar-refractivity contribution in [2.75, 3.05) is 11.5 Å². The summed E-state index contributed by atoms with van der Waals surface area (Å²) < 4.78 is 8.29. The highest BCUT2D eigenvalue weighted by Crippen LogP contribution is 2.44. The third-order valence-electron chi connectivity index (χ3n) is 7.71. The van der Waals surface area contributed by atoms with Crippen LogP contribution in [0.3, 0.4) is 0 Å². The quantitative estimate of drug-likeness (QED) is 0.0354. The number of unbranched alkanes of at least 4 members (excludes halogenated alkanes) is 3. The SMILES string of the molecule is CCCCCCOc1ccc(C2C(=C(O)c3c(C)nc4ccccn34)C(=O)C(=O)N2c2nnc(SCc3ccc(Cl)cc3)s2)cc1. The fourth-order valence-corrected chi connectivity index (χ4v) is 7.37. The van der Waals surface area contributed by atoms with Gasteiger partial charge in [0.25, 0.3) is 5.78 Å². The first kappa shape index (κ1) is 31.8. The molecule has 1 amide bonds. The maximum Gasteiger partial charge on any atom is 0.301 e. The molecule has 12 heteroatoms. The predicted molar refractivity (Wildman–Crippen MR) is 182 cm³/mol. The van der Waals surface area contributed by atoms with Crippen molar-refractivity contribution in [2.45, 2.75) is 55.7 Å². The molecule has 1 atom stereocenters. The van der Waals surface area contributed by atoms with Crippen LogP contribution in [0.1, 0.15) is 61.2 Å². The number of aliphatic hydroxyl groups excluding tert-OH is 1. The highest BCUT2D eigenvalue weighted by atomic mass is 35.5. The third kappa shape index (κ3) is 6.53. The molecule has 1 saturated heterocycles. The number of carbonyl (C=O) groups excluding carboxylic acids is 2. The fourth-order valence-electron chi connectivity index (χ4n) is 5.42. The molecule has 0 saturated carbocycles. The van der Waals surface area contributed by atoms with Crippen LogP contribution >= 0.6 is 34.7 Å². The Morgan fingerprint density at radius 2 is 1.80 bits per heavy atom. The zero-order valence-electron chi connectivity index (χ0n) is 25.4. The Balaban J connectivity index is 1.36. The van der Waals surface area contributed by atoms with Crippen LogP contribution in [0, 0.1) is 6.92 Å². The van der Waals surface area contributed by atoms with Gasteiger partial charge in [-0.05, 0) is 60.9 Å². The highest BCUT2D eigenvalue weighted by molar-refractivity contribution is 8.00. The van der Waals surface area contributed by atoms with Crippen LogP contribution in [0.2, 0.25) is 5.02 Å². The van der Waals surface area contributed by atoms with Crippen LogP contribution in [0.25, 0.3) is 11.4 Å². The van der Waals surface area contributed by atoms with Gasteiger partial charge in [-0.25, -0.2) is 4.98 Å². The lowest BCUT2D eigenvalue weighted by atomic mass is 9.96. The second kappa shape index (κ2) is 14.1. The van der Waals surface area contributed by atoms with Crippen LogP contribution in [0.15, 0.2) is 82.8 Å². The second-order valence-electron chi connectivity index (χ2n) is 10.9. The Labute approximate surface area is 279 Å². The van der Waals surface area contributed by atoms with E-state index in [0.29, 0.717) is 50.1 Å². The number of pyridine rings is 1. The monoisotopic (exact) mass is 673 g/mol. The van der Waals surface area contributed by atoms with Crippen LogP contribution in [-0.4, -0.2) is 43.0 Å². The molecule has 2 aromatic carbocycles. The summed E-state index contributed by atoms with van der Waals surface area (Å²) >= 11 is 8.71. The summed E-state index contributed by atoms with van der Waals surface area (Å²) in [6.45, 7) is 4.53. The summed E-state index contributed by atoms with van der Waals surface area (Å²) in [6, 6.07) is 19.3. The number of thioether (sulfide) groups is 1. The average molecular weight is 674 g/mol. The third-order valence-corrected chi connectivity index (χ3v) is 10.1. The Hall–Kier alpha value is -4.19. The number of nitrogens with zero attached hydrogens (tertiary/aromatic N) is 5. The number of amides is 1. The summed E-state index contributed by atoms with van der Waals surface area (Å²) in [5.41, 5.74) is 3.12. The summed E-state index contributed by atoms with van der Waals surface area (Å²) in [4.78, 5) is 33.4. The zero-order valence-corrected chi connectivity index (χ0v) is 27.7. The normalized spacial score (nSPS) is 16.1. The molecule has 6 rings (SSSR count). The van der Waals surface area contributed by atoms with Gasteiger partial charge in [0.2, 0.25) is 5.13 Å². The van der Waals surface area contributed by atoms with E-state index in [1.54, 1.807) is 17.5 Å². The van der Waals surface area contributed by atoms with E-state index in [2.05, 4.69) is 22.1 Å². The van der Waals surface area contributed by atoms with Gasteiger partial charge in [-0.1, -0.05) is 91.2 Å². The molecule has 0 radical (unpaired) electrons. The minimum Gasteiger partial charge on any atom is -0.505 e. The Morgan fingerprint density at radius 3 is 2.57 bits per heavy atom. The topological polar surface area (TPSA) is 110 Å². The summed E-state index contributed by atoms with van der Waals surface area (Å²) in [7, 11) is 0. The van der Waals surface area contributed by atoms with Crippen molar-refractivity contribution in [3.05, 3.63) is 106 Å². The van der Waals surface area contributed by atoms with Crippen LogP contribution < -0.4 is 9.64 Å². The van der Waals surface area contributed by atoms with Crippen molar-refractivity contribution in [2.24, 2.45) is 0 Å². The van der Waals surface area contributed by atoms with Crippen molar-refractivity contribution in [1.82, 2.24) is 19.6 Å². The number of halogens is 1. The van der Waals surface area contributed by atoms with Crippen molar-refractivity contribution in [1.29, 1.82) is 0 Å². The van der Waals surface area contributed by atoms with Gasteiger partial charge in [0.15, 0.2) is 10.1 Å². The molecule has 1 aliphatic rings. The number of Topliss-reactive ketones (excluding diaryl/α,β-unsaturated/α-hetero) is 1. The van der Waals surface area contributed by atoms with E-state index in [4.69, 9.17) is 16.3 Å². The highest BCUT2D eigenvalue weighted by Gasteiger charge is 2.49. The first-order chi connectivity index (χ1) is 22.4. The Morgan fingerprint density at radius 1 is 1.02 bits per heavy atom. The molecule has 1 fully saturated rings. The first-order valence-electron chi connectivity index (χ1n) is 15.0. The number of aliphatic hydroxyl groups is 1.